The molecule has 0 spiro atoms. The molecule has 1 heterocycles. The van der Waals surface area contributed by atoms with Crippen molar-refractivity contribution in [2.75, 3.05) is 51.8 Å². The van der Waals surface area contributed by atoms with Crippen molar-refractivity contribution in [2.45, 2.75) is 12.8 Å². The summed E-state index contributed by atoms with van der Waals surface area (Å²) >= 11 is 3.71. The van der Waals surface area contributed by atoms with Gasteiger partial charge in [-0.05, 0) is 51.2 Å². The van der Waals surface area contributed by atoms with Crippen LogP contribution in [0.4, 0.5) is 5.69 Å². The van der Waals surface area contributed by atoms with Gasteiger partial charge >= 0.3 is 0 Å². The molecule has 1 aromatic carbocycles. The summed E-state index contributed by atoms with van der Waals surface area (Å²) in [6.07, 6.45) is 2.32. The van der Waals surface area contributed by atoms with E-state index in [1.165, 1.54) is 22.1 Å². The van der Waals surface area contributed by atoms with Gasteiger partial charge in [0.25, 0.3) is 0 Å². The van der Waals surface area contributed by atoms with Crippen LogP contribution >= 0.6 is 15.9 Å². The summed E-state index contributed by atoms with van der Waals surface area (Å²) in [7, 11) is 4.24. The standard InChI is InChI=1S/C15H23BrN2O/c1-17(2)7-3-4-13-5-6-14(12-15(13)16)18-8-10-19-11-9-18/h5-6,12H,3-4,7-11H2,1-2H3. The number of hydrogen-bond donors (Lipinski definition) is 0. The predicted molar refractivity (Wildman–Crippen MR) is 84.0 cm³/mol. The van der Waals surface area contributed by atoms with E-state index in [0.29, 0.717) is 0 Å². The Morgan fingerprint density at radius 2 is 2.00 bits per heavy atom. The Bertz CT molecular complexity index is 403. The van der Waals surface area contributed by atoms with Crippen LogP contribution in [0.1, 0.15) is 12.0 Å². The van der Waals surface area contributed by atoms with Crippen molar-refractivity contribution in [1.82, 2.24) is 4.90 Å². The van der Waals surface area contributed by atoms with Crippen LogP contribution in [0.3, 0.4) is 0 Å². The molecule has 19 heavy (non-hydrogen) atoms. The van der Waals surface area contributed by atoms with Crippen LogP contribution in [0.15, 0.2) is 22.7 Å². The highest BCUT2D eigenvalue weighted by Gasteiger charge is 2.12. The number of anilines is 1. The Kier molecular flexibility index (Phi) is 5.67. The summed E-state index contributed by atoms with van der Waals surface area (Å²) in [5, 5.41) is 0. The molecule has 0 amide bonds. The highest BCUT2D eigenvalue weighted by molar-refractivity contribution is 9.10. The molecule has 0 N–H and O–H groups in total. The summed E-state index contributed by atoms with van der Waals surface area (Å²) in [5.74, 6) is 0. The lowest BCUT2D eigenvalue weighted by Gasteiger charge is -2.29. The van der Waals surface area contributed by atoms with E-state index in [2.05, 4.69) is 58.0 Å². The summed E-state index contributed by atoms with van der Waals surface area (Å²) in [6, 6.07) is 6.74. The number of ether oxygens (including phenoxy) is 1. The van der Waals surface area contributed by atoms with Gasteiger partial charge in [-0.25, -0.2) is 0 Å². The molecule has 0 radical (unpaired) electrons. The summed E-state index contributed by atoms with van der Waals surface area (Å²) in [6.45, 7) is 4.79. The maximum absolute atomic E-state index is 5.39. The smallest absolute Gasteiger partial charge is 0.0642 e. The van der Waals surface area contributed by atoms with E-state index >= 15 is 0 Å². The molecule has 106 valence electrons. The van der Waals surface area contributed by atoms with Gasteiger partial charge < -0.3 is 14.5 Å². The molecule has 4 heteroatoms. The second kappa shape index (κ2) is 7.27. The fraction of sp³-hybridized carbons (Fsp3) is 0.600. The van der Waals surface area contributed by atoms with Crippen LogP contribution in [-0.4, -0.2) is 51.8 Å². The molecular weight excluding hydrogens is 304 g/mol. The minimum absolute atomic E-state index is 0.836. The van der Waals surface area contributed by atoms with Gasteiger partial charge in [0.1, 0.15) is 0 Å². The monoisotopic (exact) mass is 326 g/mol. The largest absolute Gasteiger partial charge is 0.378 e. The maximum atomic E-state index is 5.39. The van der Waals surface area contributed by atoms with Crippen molar-refractivity contribution in [3.05, 3.63) is 28.2 Å². The number of halogens is 1. The second-order valence-electron chi connectivity index (χ2n) is 5.28. The zero-order valence-corrected chi connectivity index (χ0v) is 13.4. The van der Waals surface area contributed by atoms with Crippen molar-refractivity contribution in [3.8, 4) is 0 Å². The Morgan fingerprint density at radius 3 is 2.63 bits per heavy atom. The Hall–Kier alpha value is -0.580. The van der Waals surface area contributed by atoms with E-state index in [-0.39, 0.29) is 0 Å². The van der Waals surface area contributed by atoms with E-state index in [4.69, 9.17) is 4.74 Å². The van der Waals surface area contributed by atoms with Gasteiger partial charge in [-0.3, -0.25) is 0 Å². The fourth-order valence-electron chi connectivity index (χ4n) is 2.34. The molecule has 1 aromatic rings. The Morgan fingerprint density at radius 1 is 1.26 bits per heavy atom. The zero-order chi connectivity index (χ0) is 13.7. The summed E-state index contributed by atoms with van der Waals surface area (Å²) < 4.78 is 6.62. The first-order valence-corrected chi connectivity index (χ1v) is 7.72. The number of nitrogens with zero attached hydrogens (tertiary/aromatic N) is 2. The molecule has 0 atom stereocenters. The molecule has 0 aromatic heterocycles. The quantitative estimate of drug-likeness (QED) is 0.827. The zero-order valence-electron chi connectivity index (χ0n) is 11.9. The van der Waals surface area contributed by atoms with Crippen molar-refractivity contribution in [3.63, 3.8) is 0 Å². The third kappa shape index (κ3) is 4.48. The number of aryl methyl sites for hydroxylation is 1. The third-order valence-corrected chi connectivity index (χ3v) is 4.20. The highest BCUT2D eigenvalue weighted by Crippen LogP contribution is 2.25. The molecule has 1 fully saturated rings. The van der Waals surface area contributed by atoms with E-state index in [1.54, 1.807) is 0 Å². The van der Waals surface area contributed by atoms with Crippen LogP contribution in [-0.2, 0) is 11.2 Å². The van der Waals surface area contributed by atoms with E-state index in [0.717, 1.165) is 39.3 Å². The molecule has 3 nitrogen and oxygen atoms in total. The first-order chi connectivity index (χ1) is 9.16. The molecule has 1 aliphatic heterocycles. The van der Waals surface area contributed by atoms with E-state index < -0.39 is 0 Å². The lowest BCUT2D eigenvalue weighted by atomic mass is 10.1. The highest BCUT2D eigenvalue weighted by atomic mass is 79.9. The van der Waals surface area contributed by atoms with Gasteiger partial charge in [0.2, 0.25) is 0 Å². The van der Waals surface area contributed by atoms with E-state index in [9.17, 15) is 0 Å². The van der Waals surface area contributed by atoms with Gasteiger partial charge in [-0.15, -0.1) is 0 Å². The first kappa shape index (κ1) is 14.8. The first-order valence-electron chi connectivity index (χ1n) is 6.92. The molecule has 0 unspecified atom stereocenters. The number of benzene rings is 1. The van der Waals surface area contributed by atoms with Crippen LogP contribution in [0.2, 0.25) is 0 Å². The van der Waals surface area contributed by atoms with E-state index in [1.807, 2.05) is 0 Å². The second-order valence-corrected chi connectivity index (χ2v) is 6.14. The van der Waals surface area contributed by atoms with Crippen molar-refractivity contribution >= 4 is 21.6 Å². The van der Waals surface area contributed by atoms with Crippen LogP contribution in [0.5, 0.6) is 0 Å². The van der Waals surface area contributed by atoms with Gasteiger partial charge in [0.15, 0.2) is 0 Å². The maximum Gasteiger partial charge on any atom is 0.0642 e. The van der Waals surface area contributed by atoms with Crippen molar-refractivity contribution in [1.29, 1.82) is 0 Å². The molecule has 0 saturated carbocycles. The minimum Gasteiger partial charge on any atom is -0.378 e. The lowest BCUT2D eigenvalue weighted by molar-refractivity contribution is 0.122. The summed E-state index contributed by atoms with van der Waals surface area (Å²) in [4.78, 5) is 4.62. The Labute approximate surface area is 124 Å². The van der Waals surface area contributed by atoms with Crippen LogP contribution in [0, 0.1) is 0 Å². The average Bonchev–Trinajstić information content (AvgIpc) is 2.41. The van der Waals surface area contributed by atoms with Crippen LogP contribution in [0.25, 0.3) is 0 Å². The normalized spacial score (nSPS) is 16.1. The van der Waals surface area contributed by atoms with Crippen molar-refractivity contribution < 1.29 is 4.74 Å². The molecule has 0 aliphatic carbocycles. The fourth-order valence-corrected chi connectivity index (χ4v) is 2.91. The third-order valence-electron chi connectivity index (χ3n) is 3.46. The molecule has 0 bridgehead atoms. The molecule has 1 saturated heterocycles. The number of hydrogen-bond acceptors (Lipinski definition) is 3. The lowest BCUT2D eigenvalue weighted by Crippen LogP contribution is -2.36. The van der Waals surface area contributed by atoms with Crippen molar-refractivity contribution in [2.24, 2.45) is 0 Å². The molecular formula is C15H23BrN2O. The Balaban J connectivity index is 1.96. The molecule has 1 aliphatic rings. The number of morpholine rings is 1. The van der Waals surface area contributed by atoms with Gasteiger partial charge in [-0.1, -0.05) is 22.0 Å². The average molecular weight is 327 g/mol. The minimum atomic E-state index is 0.836. The topological polar surface area (TPSA) is 15.7 Å². The van der Waals surface area contributed by atoms with Gasteiger partial charge in [-0.2, -0.15) is 0 Å². The molecule has 2 rings (SSSR count). The van der Waals surface area contributed by atoms with Gasteiger partial charge in [0, 0.05) is 23.2 Å². The summed E-state index contributed by atoms with van der Waals surface area (Å²) in [5.41, 5.74) is 2.70. The SMILES string of the molecule is CN(C)CCCc1ccc(N2CCOCC2)cc1Br. The predicted octanol–water partition coefficient (Wildman–Crippen LogP) is 2.78. The number of rotatable bonds is 5. The van der Waals surface area contributed by atoms with Crippen LogP contribution < -0.4 is 4.90 Å². The van der Waals surface area contributed by atoms with Gasteiger partial charge in [0.05, 0.1) is 13.2 Å².